The summed E-state index contributed by atoms with van der Waals surface area (Å²) in [5.41, 5.74) is 3.79. The quantitative estimate of drug-likeness (QED) is 0.389. The van der Waals surface area contributed by atoms with E-state index in [4.69, 9.17) is 9.47 Å². The predicted octanol–water partition coefficient (Wildman–Crippen LogP) is 5.57. The summed E-state index contributed by atoms with van der Waals surface area (Å²) < 4.78 is 10.8. The highest BCUT2D eigenvalue weighted by Crippen LogP contribution is 2.39. The van der Waals surface area contributed by atoms with E-state index in [9.17, 15) is 9.59 Å². The maximum atomic E-state index is 13.0. The molecule has 2 aliphatic rings. The number of allylic oxidation sites excluding steroid dienone is 1. The summed E-state index contributed by atoms with van der Waals surface area (Å²) in [5, 5.41) is 2.86. The van der Waals surface area contributed by atoms with E-state index in [0.717, 1.165) is 50.6 Å². The summed E-state index contributed by atoms with van der Waals surface area (Å²) in [7, 11) is 4.21. The number of amides is 1. The highest BCUT2D eigenvalue weighted by molar-refractivity contribution is 5.75. The molecule has 1 aromatic rings. The van der Waals surface area contributed by atoms with Crippen molar-refractivity contribution in [1.29, 1.82) is 0 Å². The first-order chi connectivity index (χ1) is 15.9. The van der Waals surface area contributed by atoms with Gasteiger partial charge in [-0.3, -0.25) is 4.79 Å². The average Bonchev–Trinajstić information content (AvgIpc) is 2.79. The van der Waals surface area contributed by atoms with Crippen molar-refractivity contribution in [1.82, 2.24) is 10.2 Å². The van der Waals surface area contributed by atoms with Gasteiger partial charge in [-0.1, -0.05) is 37.0 Å². The minimum Gasteiger partial charge on any atom is -0.450 e. The van der Waals surface area contributed by atoms with Crippen molar-refractivity contribution in [2.45, 2.75) is 71.1 Å². The number of likely N-dealkylation sites (N-methyl/N-ethyl adjacent to an activating group) is 1. The second-order valence-electron chi connectivity index (χ2n) is 9.84. The molecule has 182 valence electrons. The van der Waals surface area contributed by atoms with Gasteiger partial charge in [0.05, 0.1) is 13.0 Å². The van der Waals surface area contributed by atoms with Crippen LogP contribution in [0.25, 0.3) is 5.57 Å². The van der Waals surface area contributed by atoms with Crippen LogP contribution in [0, 0.1) is 5.41 Å². The molecule has 0 saturated heterocycles. The van der Waals surface area contributed by atoms with E-state index >= 15 is 0 Å². The van der Waals surface area contributed by atoms with Gasteiger partial charge in [0.2, 0.25) is 0 Å². The molecule has 2 aliphatic carbocycles. The number of hydrogen-bond acceptors (Lipinski definition) is 5. The lowest BCUT2D eigenvalue weighted by Gasteiger charge is -2.36. The van der Waals surface area contributed by atoms with E-state index in [1.807, 2.05) is 18.2 Å². The van der Waals surface area contributed by atoms with E-state index in [2.05, 4.69) is 30.4 Å². The van der Waals surface area contributed by atoms with Gasteiger partial charge in [0.1, 0.15) is 5.75 Å². The van der Waals surface area contributed by atoms with Crippen LogP contribution < -0.4 is 10.1 Å². The van der Waals surface area contributed by atoms with Crippen LogP contribution in [0.2, 0.25) is 0 Å². The normalized spacial score (nSPS) is 18.2. The third-order valence-corrected chi connectivity index (χ3v) is 6.82. The van der Waals surface area contributed by atoms with Gasteiger partial charge in [-0.2, -0.15) is 0 Å². The molecule has 6 nitrogen and oxygen atoms in total. The SMILES string of the molecule is CCOC(=O)NCC1(CC(=O)Oc2cccc(C3=C(CN(C)C)CCCC3)c2)CCCCC1. The fraction of sp³-hybridized carbons (Fsp3) is 0.630. The van der Waals surface area contributed by atoms with Gasteiger partial charge in [0.15, 0.2) is 0 Å². The topological polar surface area (TPSA) is 67.9 Å². The van der Waals surface area contributed by atoms with Crippen LogP contribution in [0.3, 0.4) is 0 Å². The zero-order valence-corrected chi connectivity index (χ0v) is 20.6. The Morgan fingerprint density at radius 2 is 1.82 bits per heavy atom. The number of hydrogen-bond donors (Lipinski definition) is 1. The van der Waals surface area contributed by atoms with Gasteiger partial charge >= 0.3 is 12.1 Å². The Morgan fingerprint density at radius 3 is 2.55 bits per heavy atom. The van der Waals surface area contributed by atoms with Crippen molar-refractivity contribution in [3.05, 3.63) is 35.4 Å². The number of carbonyl (C=O) groups is 2. The monoisotopic (exact) mass is 456 g/mol. The van der Waals surface area contributed by atoms with E-state index in [1.165, 1.54) is 30.4 Å². The molecule has 0 heterocycles. The molecule has 0 atom stereocenters. The number of nitrogens with one attached hydrogen (secondary N) is 1. The zero-order chi connectivity index (χ0) is 23.7. The summed E-state index contributed by atoms with van der Waals surface area (Å²) in [4.78, 5) is 27.0. The molecule has 1 fully saturated rings. The number of benzene rings is 1. The molecular formula is C27H40N2O4. The molecule has 0 unspecified atom stereocenters. The molecule has 0 bridgehead atoms. The lowest BCUT2D eigenvalue weighted by Crippen LogP contribution is -2.41. The Labute approximate surface area is 198 Å². The van der Waals surface area contributed by atoms with Gasteiger partial charge in [-0.05, 0) is 88.2 Å². The van der Waals surface area contributed by atoms with Crippen LogP contribution in [0.5, 0.6) is 5.75 Å². The van der Waals surface area contributed by atoms with Crippen LogP contribution >= 0.6 is 0 Å². The number of esters is 1. The zero-order valence-electron chi connectivity index (χ0n) is 20.6. The fourth-order valence-electron chi connectivity index (χ4n) is 5.25. The van der Waals surface area contributed by atoms with Crippen LogP contribution in [0.4, 0.5) is 4.79 Å². The first-order valence-electron chi connectivity index (χ1n) is 12.5. The van der Waals surface area contributed by atoms with Gasteiger partial charge in [0.25, 0.3) is 0 Å². The van der Waals surface area contributed by atoms with Gasteiger partial charge in [0, 0.05) is 13.1 Å². The maximum absolute atomic E-state index is 13.0. The molecule has 0 radical (unpaired) electrons. The number of carbonyl (C=O) groups excluding carboxylic acids is 2. The van der Waals surface area contributed by atoms with Crippen LogP contribution in [-0.4, -0.2) is 50.8 Å². The Kier molecular flexibility index (Phi) is 9.36. The van der Waals surface area contributed by atoms with E-state index in [1.54, 1.807) is 6.92 Å². The van der Waals surface area contributed by atoms with Crippen LogP contribution in [0.15, 0.2) is 29.8 Å². The maximum Gasteiger partial charge on any atom is 0.407 e. The van der Waals surface area contributed by atoms with Crippen molar-refractivity contribution in [2.24, 2.45) is 5.41 Å². The summed E-state index contributed by atoms with van der Waals surface area (Å²) in [6, 6.07) is 7.98. The minimum absolute atomic E-state index is 0.231. The Morgan fingerprint density at radius 1 is 1.06 bits per heavy atom. The van der Waals surface area contributed by atoms with Crippen molar-refractivity contribution < 1.29 is 19.1 Å². The largest absolute Gasteiger partial charge is 0.450 e. The number of rotatable bonds is 9. The number of alkyl carbamates (subject to hydrolysis) is 1. The smallest absolute Gasteiger partial charge is 0.407 e. The number of ether oxygens (including phenoxy) is 2. The van der Waals surface area contributed by atoms with E-state index < -0.39 is 6.09 Å². The third kappa shape index (κ3) is 7.60. The fourth-order valence-corrected chi connectivity index (χ4v) is 5.25. The molecule has 0 spiro atoms. The van der Waals surface area contributed by atoms with Crippen LogP contribution in [0.1, 0.15) is 76.7 Å². The molecular weight excluding hydrogens is 416 g/mol. The Bertz CT molecular complexity index is 840. The molecule has 3 rings (SSSR count). The molecule has 0 aromatic heterocycles. The standard InChI is InChI=1S/C27H40N2O4/c1-4-32-26(31)28-20-27(15-8-5-9-16-27)18-25(30)33-23-13-10-12-21(17-23)24-14-7-6-11-22(24)19-29(2)3/h10,12-13,17H,4-9,11,14-16,18-20H2,1-3H3,(H,28,31). The molecule has 0 aliphatic heterocycles. The van der Waals surface area contributed by atoms with Crippen molar-refractivity contribution in [2.75, 3.05) is 33.8 Å². The number of nitrogens with zero attached hydrogens (tertiary/aromatic N) is 1. The average molecular weight is 457 g/mol. The van der Waals surface area contributed by atoms with E-state index in [-0.39, 0.29) is 11.4 Å². The van der Waals surface area contributed by atoms with Gasteiger partial charge in [-0.15, -0.1) is 0 Å². The van der Waals surface area contributed by atoms with E-state index in [0.29, 0.717) is 25.3 Å². The Balaban J connectivity index is 1.69. The van der Waals surface area contributed by atoms with Crippen molar-refractivity contribution >= 4 is 17.6 Å². The Hall–Kier alpha value is -2.34. The highest BCUT2D eigenvalue weighted by Gasteiger charge is 2.35. The summed E-state index contributed by atoms with van der Waals surface area (Å²) in [5.74, 6) is 0.370. The van der Waals surface area contributed by atoms with Crippen LogP contribution in [-0.2, 0) is 9.53 Å². The summed E-state index contributed by atoms with van der Waals surface area (Å²) >= 11 is 0. The summed E-state index contributed by atoms with van der Waals surface area (Å²) in [6.45, 7) is 3.54. The lowest BCUT2D eigenvalue weighted by atomic mass is 9.71. The third-order valence-electron chi connectivity index (χ3n) is 6.82. The molecule has 1 saturated carbocycles. The predicted molar refractivity (Wildman–Crippen MR) is 131 cm³/mol. The molecule has 1 aromatic carbocycles. The first kappa shape index (κ1) is 25.3. The molecule has 6 heteroatoms. The van der Waals surface area contributed by atoms with Crippen molar-refractivity contribution in [3.63, 3.8) is 0 Å². The second-order valence-corrected chi connectivity index (χ2v) is 9.84. The molecule has 33 heavy (non-hydrogen) atoms. The lowest BCUT2D eigenvalue weighted by molar-refractivity contribution is -0.137. The second kappa shape index (κ2) is 12.2. The molecule has 1 N–H and O–H groups in total. The first-order valence-corrected chi connectivity index (χ1v) is 12.5. The minimum atomic E-state index is -0.419. The van der Waals surface area contributed by atoms with Gasteiger partial charge in [-0.25, -0.2) is 4.79 Å². The van der Waals surface area contributed by atoms with Gasteiger partial charge < -0.3 is 19.7 Å². The highest BCUT2D eigenvalue weighted by atomic mass is 16.5. The van der Waals surface area contributed by atoms with Crippen molar-refractivity contribution in [3.8, 4) is 5.75 Å². The molecule has 1 amide bonds. The summed E-state index contributed by atoms with van der Waals surface area (Å²) in [6.07, 6.45) is 9.65.